The fraction of sp³-hybridized carbons (Fsp3) is 0.259. The van der Waals surface area contributed by atoms with E-state index >= 15 is 0 Å². The van der Waals surface area contributed by atoms with Crippen LogP contribution in [0.3, 0.4) is 0 Å². The molecule has 0 radical (unpaired) electrons. The van der Waals surface area contributed by atoms with Gasteiger partial charge < -0.3 is 19.7 Å². The number of rotatable bonds is 10. The predicted octanol–water partition coefficient (Wildman–Crippen LogP) is 3.98. The number of carbonyl (C=O) groups is 2. The minimum atomic E-state index is -0.665. The molecule has 1 N–H and O–H groups in total. The number of nitrogens with zero attached hydrogens (tertiary/aromatic N) is 1. The molecule has 0 aromatic heterocycles. The normalized spacial score (nSPS) is 11.4. The van der Waals surface area contributed by atoms with Crippen LogP contribution in [0.2, 0.25) is 0 Å². The highest BCUT2D eigenvalue weighted by atomic mass is 16.5. The summed E-state index contributed by atoms with van der Waals surface area (Å²) in [6.07, 6.45) is 0.411. The first-order valence-electron chi connectivity index (χ1n) is 10.9. The second-order valence-corrected chi connectivity index (χ2v) is 7.73. The standard InChI is InChI=1S/C27H30N2O4/c1-20(30)29(19-22-13-15-24(32-2)16-14-22)25(17-21-9-5-4-6-10-21)27(31)28-18-23-11-7-8-12-26(23)33-3/h4-16,25H,17-19H2,1-3H3,(H,28,31)/t25-/m1/s1. The van der Waals surface area contributed by atoms with Crippen molar-refractivity contribution in [3.63, 3.8) is 0 Å². The maximum atomic E-state index is 13.4. The third-order valence-corrected chi connectivity index (χ3v) is 5.51. The second-order valence-electron chi connectivity index (χ2n) is 7.73. The van der Waals surface area contributed by atoms with Gasteiger partial charge in [0.2, 0.25) is 11.8 Å². The number of benzene rings is 3. The highest BCUT2D eigenvalue weighted by Gasteiger charge is 2.28. The summed E-state index contributed by atoms with van der Waals surface area (Å²) in [6, 6.07) is 24.1. The van der Waals surface area contributed by atoms with Gasteiger partial charge in [0.1, 0.15) is 17.5 Å². The molecule has 0 saturated heterocycles. The van der Waals surface area contributed by atoms with Gasteiger partial charge in [0.05, 0.1) is 14.2 Å². The molecule has 2 amide bonds. The van der Waals surface area contributed by atoms with E-state index in [1.165, 1.54) is 6.92 Å². The van der Waals surface area contributed by atoms with Crippen LogP contribution in [0.25, 0.3) is 0 Å². The van der Waals surface area contributed by atoms with Gasteiger partial charge in [-0.3, -0.25) is 9.59 Å². The average Bonchev–Trinajstić information content (AvgIpc) is 2.85. The van der Waals surface area contributed by atoms with Crippen LogP contribution in [-0.2, 0) is 29.1 Å². The summed E-state index contributed by atoms with van der Waals surface area (Å²) in [4.78, 5) is 27.7. The van der Waals surface area contributed by atoms with Gasteiger partial charge in [-0.25, -0.2) is 0 Å². The molecule has 3 aromatic rings. The molecule has 0 saturated carbocycles. The SMILES string of the molecule is COc1ccc(CN(C(C)=O)[C@H](Cc2ccccc2)C(=O)NCc2ccccc2OC)cc1. The zero-order chi connectivity index (χ0) is 23.6. The quantitative estimate of drug-likeness (QED) is 0.512. The molecule has 0 unspecified atom stereocenters. The topological polar surface area (TPSA) is 67.9 Å². The average molecular weight is 447 g/mol. The molecule has 172 valence electrons. The van der Waals surface area contributed by atoms with Crippen LogP contribution in [0.5, 0.6) is 11.5 Å². The number of hydrogen-bond donors (Lipinski definition) is 1. The molecular formula is C27H30N2O4. The Morgan fingerprint density at radius 3 is 2.15 bits per heavy atom. The van der Waals surface area contributed by atoms with Crippen molar-refractivity contribution in [2.45, 2.75) is 32.5 Å². The molecule has 1 atom stereocenters. The molecule has 0 fully saturated rings. The third-order valence-electron chi connectivity index (χ3n) is 5.51. The van der Waals surface area contributed by atoms with Gasteiger partial charge in [0.25, 0.3) is 0 Å². The number of nitrogens with one attached hydrogen (secondary N) is 1. The zero-order valence-electron chi connectivity index (χ0n) is 19.3. The molecule has 0 bridgehead atoms. The Kier molecular flexibility index (Phi) is 8.47. The van der Waals surface area contributed by atoms with E-state index < -0.39 is 6.04 Å². The van der Waals surface area contributed by atoms with Gasteiger partial charge in [0, 0.05) is 32.0 Å². The molecule has 3 aromatic carbocycles. The first-order chi connectivity index (χ1) is 16.0. The van der Waals surface area contributed by atoms with E-state index in [1.54, 1.807) is 19.1 Å². The first kappa shape index (κ1) is 23.9. The lowest BCUT2D eigenvalue weighted by Crippen LogP contribution is -2.49. The smallest absolute Gasteiger partial charge is 0.243 e. The maximum Gasteiger partial charge on any atom is 0.243 e. The molecule has 6 nitrogen and oxygen atoms in total. The first-order valence-corrected chi connectivity index (χ1v) is 10.9. The maximum absolute atomic E-state index is 13.4. The molecule has 3 rings (SSSR count). The fourth-order valence-corrected chi connectivity index (χ4v) is 3.70. The van der Waals surface area contributed by atoms with Gasteiger partial charge >= 0.3 is 0 Å². The Hall–Kier alpha value is -3.80. The van der Waals surface area contributed by atoms with Crippen LogP contribution >= 0.6 is 0 Å². The van der Waals surface area contributed by atoms with Crippen molar-refractivity contribution < 1.29 is 19.1 Å². The summed E-state index contributed by atoms with van der Waals surface area (Å²) >= 11 is 0. The van der Waals surface area contributed by atoms with E-state index in [4.69, 9.17) is 9.47 Å². The Balaban J connectivity index is 1.83. The van der Waals surface area contributed by atoms with Gasteiger partial charge in [-0.15, -0.1) is 0 Å². The number of amides is 2. The largest absolute Gasteiger partial charge is 0.497 e. The van der Waals surface area contributed by atoms with Crippen molar-refractivity contribution in [2.75, 3.05) is 14.2 Å². The van der Waals surface area contributed by atoms with E-state index in [0.717, 1.165) is 22.4 Å². The van der Waals surface area contributed by atoms with Crippen molar-refractivity contribution in [2.24, 2.45) is 0 Å². The van der Waals surface area contributed by atoms with Crippen molar-refractivity contribution in [3.8, 4) is 11.5 Å². The Labute approximate surface area is 195 Å². The van der Waals surface area contributed by atoms with E-state index in [-0.39, 0.29) is 11.8 Å². The van der Waals surface area contributed by atoms with E-state index in [9.17, 15) is 9.59 Å². The van der Waals surface area contributed by atoms with Gasteiger partial charge in [-0.2, -0.15) is 0 Å². The van der Waals surface area contributed by atoms with Crippen LogP contribution in [0.1, 0.15) is 23.6 Å². The summed E-state index contributed by atoms with van der Waals surface area (Å²) in [5.74, 6) is 1.07. The van der Waals surface area contributed by atoms with Crippen molar-refractivity contribution in [1.82, 2.24) is 10.2 Å². The van der Waals surface area contributed by atoms with Gasteiger partial charge in [0.15, 0.2) is 0 Å². The van der Waals surface area contributed by atoms with Crippen LogP contribution in [0.4, 0.5) is 0 Å². The van der Waals surface area contributed by atoms with Crippen LogP contribution in [-0.4, -0.2) is 37.0 Å². The molecule has 0 aliphatic carbocycles. The highest BCUT2D eigenvalue weighted by Crippen LogP contribution is 2.19. The monoisotopic (exact) mass is 446 g/mol. The number of carbonyl (C=O) groups excluding carboxylic acids is 2. The summed E-state index contributed by atoms with van der Waals surface area (Å²) in [5, 5.41) is 3.00. The summed E-state index contributed by atoms with van der Waals surface area (Å²) < 4.78 is 10.6. The van der Waals surface area contributed by atoms with Crippen molar-refractivity contribution >= 4 is 11.8 Å². The van der Waals surface area contributed by atoms with Crippen LogP contribution < -0.4 is 14.8 Å². The summed E-state index contributed by atoms with van der Waals surface area (Å²) in [7, 11) is 3.21. The third kappa shape index (κ3) is 6.59. The number of methoxy groups -OCH3 is 2. The Morgan fingerprint density at radius 1 is 0.848 bits per heavy atom. The number of ether oxygens (including phenoxy) is 2. The van der Waals surface area contributed by atoms with E-state index in [0.29, 0.717) is 25.3 Å². The van der Waals surface area contributed by atoms with Crippen LogP contribution in [0, 0.1) is 0 Å². The van der Waals surface area contributed by atoms with Gasteiger partial charge in [-0.1, -0.05) is 60.7 Å². The lowest BCUT2D eigenvalue weighted by atomic mass is 10.0. The predicted molar refractivity (Wildman–Crippen MR) is 128 cm³/mol. The Morgan fingerprint density at radius 2 is 1.52 bits per heavy atom. The van der Waals surface area contributed by atoms with Crippen molar-refractivity contribution in [1.29, 1.82) is 0 Å². The number of hydrogen-bond acceptors (Lipinski definition) is 4. The minimum absolute atomic E-state index is 0.167. The molecule has 0 aliphatic heterocycles. The molecule has 6 heteroatoms. The van der Waals surface area contributed by atoms with Crippen LogP contribution in [0.15, 0.2) is 78.9 Å². The van der Waals surface area contributed by atoms with Gasteiger partial charge in [-0.05, 0) is 29.3 Å². The van der Waals surface area contributed by atoms with Crippen molar-refractivity contribution in [3.05, 3.63) is 95.6 Å². The molecular weight excluding hydrogens is 416 g/mol. The Bertz CT molecular complexity index is 1050. The molecule has 33 heavy (non-hydrogen) atoms. The zero-order valence-corrected chi connectivity index (χ0v) is 19.3. The van der Waals surface area contributed by atoms with E-state index in [2.05, 4.69) is 5.32 Å². The molecule has 0 aliphatic rings. The molecule has 0 spiro atoms. The summed E-state index contributed by atoms with van der Waals surface area (Å²) in [6.45, 7) is 2.12. The molecule has 0 heterocycles. The lowest BCUT2D eigenvalue weighted by Gasteiger charge is -2.30. The summed E-state index contributed by atoms with van der Waals surface area (Å²) in [5.41, 5.74) is 2.77. The fourth-order valence-electron chi connectivity index (χ4n) is 3.70. The second kappa shape index (κ2) is 11.7. The van der Waals surface area contributed by atoms with E-state index in [1.807, 2.05) is 78.9 Å². The highest BCUT2D eigenvalue weighted by molar-refractivity contribution is 5.87. The minimum Gasteiger partial charge on any atom is -0.497 e. The lowest BCUT2D eigenvalue weighted by molar-refractivity contribution is -0.139. The number of para-hydroxylation sites is 1.